The van der Waals surface area contributed by atoms with Crippen LogP contribution in [0.4, 0.5) is 0 Å². The summed E-state index contributed by atoms with van der Waals surface area (Å²) in [7, 11) is 1.49. The number of methoxy groups -OCH3 is 1. The molecule has 0 unspecified atom stereocenters. The molecule has 3 rings (SSSR count). The molecule has 1 heterocycles. The van der Waals surface area contributed by atoms with Gasteiger partial charge in [0.15, 0.2) is 0 Å². The first kappa shape index (κ1) is 18.8. The molecule has 0 spiro atoms. The number of rotatable bonds is 7. The first-order valence-electron chi connectivity index (χ1n) is 8.61. The molecule has 28 heavy (non-hydrogen) atoms. The normalized spacial score (nSPS) is 11.4. The van der Waals surface area contributed by atoms with Crippen LogP contribution >= 0.6 is 0 Å². The molecule has 0 saturated heterocycles. The van der Waals surface area contributed by atoms with Crippen LogP contribution in [0.3, 0.4) is 0 Å². The summed E-state index contributed by atoms with van der Waals surface area (Å²) >= 11 is 0. The Morgan fingerprint density at radius 3 is 2.68 bits per heavy atom. The number of Topliss-reactive ketones (excluding diaryl/α,β-unsaturated/α-hetero) is 1. The van der Waals surface area contributed by atoms with Crippen molar-refractivity contribution in [2.24, 2.45) is 0 Å². The van der Waals surface area contributed by atoms with Crippen LogP contribution in [0.5, 0.6) is 5.75 Å². The molecule has 6 nitrogen and oxygen atoms in total. The van der Waals surface area contributed by atoms with E-state index in [0.717, 1.165) is 5.56 Å². The summed E-state index contributed by atoms with van der Waals surface area (Å²) < 4.78 is 6.92. The van der Waals surface area contributed by atoms with Gasteiger partial charge < -0.3 is 4.74 Å². The number of allylic oxidation sites excluding steroid dienone is 3. The number of ketones is 1. The lowest BCUT2D eigenvalue weighted by atomic mass is 10.0. The molecule has 2 aromatic carbocycles. The Balaban J connectivity index is 1.72. The number of carbonyl (C=O) groups excluding carboxylic acids is 1. The molecular formula is C22H18N4O2. The number of aromatic nitrogens is 3. The maximum absolute atomic E-state index is 12.6. The number of nitrogens with zero attached hydrogens (tertiary/aromatic N) is 4. The van der Waals surface area contributed by atoms with Crippen LogP contribution in [0, 0.1) is 11.3 Å². The van der Waals surface area contributed by atoms with E-state index >= 15 is 0 Å². The highest BCUT2D eigenvalue weighted by Crippen LogP contribution is 2.20. The van der Waals surface area contributed by atoms with E-state index in [9.17, 15) is 10.1 Å². The van der Waals surface area contributed by atoms with E-state index in [2.05, 4.69) is 10.3 Å². The molecular weight excluding hydrogens is 352 g/mol. The van der Waals surface area contributed by atoms with E-state index in [1.54, 1.807) is 47.3 Å². The van der Waals surface area contributed by atoms with Crippen LogP contribution < -0.4 is 4.74 Å². The van der Waals surface area contributed by atoms with Crippen molar-refractivity contribution in [3.63, 3.8) is 0 Å². The topological polar surface area (TPSA) is 80.8 Å². The zero-order valence-electron chi connectivity index (χ0n) is 15.3. The first-order valence-corrected chi connectivity index (χ1v) is 8.61. The average molecular weight is 370 g/mol. The van der Waals surface area contributed by atoms with Crippen molar-refractivity contribution in [2.75, 3.05) is 7.11 Å². The summed E-state index contributed by atoms with van der Waals surface area (Å²) in [5, 5.41) is 17.5. The van der Waals surface area contributed by atoms with Crippen molar-refractivity contribution in [1.82, 2.24) is 15.0 Å². The highest BCUT2D eigenvalue weighted by molar-refractivity contribution is 6.13. The molecule has 0 aliphatic heterocycles. The SMILES string of the molecule is COc1ccccc1C(=O)/C(C#N)=C/C=C/c1cn(Cc2ccccc2)nn1. The molecule has 0 atom stereocenters. The summed E-state index contributed by atoms with van der Waals surface area (Å²) in [6.45, 7) is 0.618. The Hall–Kier alpha value is -3.98. The second-order valence-corrected chi connectivity index (χ2v) is 5.91. The molecule has 0 fully saturated rings. The van der Waals surface area contributed by atoms with E-state index in [0.29, 0.717) is 23.6 Å². The van der Waals surface area contributed by atoms with Crippen LogP contribution in [0.1, 0.15) is 21.6 Å². The molecule has 0 aliphatic rings. The number of nitriles is 1. The van der Waals surface area contributed by atoms with Gasteiger partial charge in [-0.1, -0.05) is 53.8 Å². The third-order valence-corrected chi connectivity index (χ3v) is 3.99. The third kappa shape index (κ3) is 4.59. The van der Waals surface area contributed by atoms with Crippen molar-refractivity contribution >= 4 is 11.9 Å². The Bertz CT molecular complexity index is 1060. The van der Waals surface area contributed by atoms with Crippen molar-refractivity contribution in [3.8, 4) is 11.8 Å². The standard InChI is InChI=1S/C22H18N4O2/c1-28-21-13-6-5-12-20(21)22(27)18(14-23)10-7-11-19-16-26(25-24-19)15-17-8-3-2-4-9-17/h2-13,16H,15H2,1H3/b11-7+,18-10+. The lowest BCUT2D eigenvalue weighted by Gasteiger charge is -2.05. The number of carbonyl (C=O) groups is 1. The largest absolute Gasteiger partial charge is 0.496 e. The number of benzene rings is 2. The summed E-state index contributed by atoms with van der Waals surface area (Å²) in [5.41, 5.74) is 2.11. The minimum atomic E-state index is -0.391. The molecule has 0 saturated carbocycles. The Morgan fingerprint density at radius 2 is 1.93 bits per heavy atom. The summed E-state index contributed by atoms with van der Waals surface area (Å²) in [5.74, 6) is 0.0406. The summed E-state index contributed by atoms with van der Waals surface area (Å²) in [6.07, 6.45) is 6.57. The minimum Gasteiger partial charge on any atom is -0.496 e. The van der Waals surface area contributed by atoms with Gasteiger partial charge in [-0.25, -0.2) is 4.68 Å². The van der Waals surface area contributed by atoms with Gasteiger partial charge in [0.25, 0.3) is 0 Å². The van der Waals surface area contributed by atoms with Gasteiger partial charge in [0.05, 0.1) is 25.4 Å². The second kappa shape index (κ2) is 9.10. The minimum absolute atomic E-state index is 0.0115. The van der Waals surface area contributed by atoms with Crippen molar-refractivity contribution < 1.29 is 9.53 Å². The van der Waals surface area contributed by atoms with Crippen molar-refractivity contribution in [2.45, 2.75) is 6.54 Å². The molecule has 3 aromatic rings. The molecule has 0 amide bonds. The molecule has 0 bridgehead atoms. The maximum atomic E-state index is 12.6. The number of ether oxygens (including phenoxy) is 1. The van der Waals surface area contributed by atoms with E-state index in [4.69, 9.17) is 4.74 Å². The van der Waals surface area contributed by atoms with Crippen LogP contribution in [-0.2, 0) is 6.54 Å². The van der Waals surface area contributed by atoms with Crippen molar-refractivity contribution in [1.29, 1.82) is 5.26 Å². The quantitative estimate of drug-likeness (QED) is 0.274. The van der Waals surface area contributed by atoms with Gasteiger partial charge in [0.1, 0.15) is 23.1 Å². The zero-order valence-corrected chi connectivity index (χ0v) is 15.3. The average Bonchev–Trinajstić information content (AvgIpc) is 3.18. The smallest absolute Gasteiger partial charge is 0.207 e. The molecule has 1 aromatic heterocycles. The van der Waals surface area contributed by atoms with E-state index in [1.165, 1.54) is 13.2 Å². The molecule has 0 N–H and O–H groups in total. The summed E-state index contributed by atoms with van der Waals surface area (Å²) in [4.78, 5) is 12.6. The number of hydrogen-bond donors (Lipinski definition) is 0. The Labute approximate surface area is 163 Å². The molecule has 6 heteroatoms. The Kier molecular flexibility index (Phi) is 6.11. The lowest BCUT2D eigenvalue weighted by Crippen LogP contribution is -2.04. The second-order valence-electron chi connectivity index (χ2n) is 5.91. The zero-order chi connectivity index (χ0) is 19.8. The fraction of sp³-hybridized carbons (Fsp3) is 0.0909. The van der Waals surface area contributed by atoms with E-state index < -0.39 is 5.78 Å². The van der Waals surface area contributed by atoms with Crippen LogP contribution in [0.25, 0.3) is 6.08 Å². The predicted octanol–water partition coefficient (Wildman–Crippen LogP) is 3.68. The molecule has 0 radical (unpaired) electrons. The van der Waals surface area contributed by atoms with Gasteiger partial charge in [0, 0.05) is 0 Å². The number of hydrogen-bond acceptors (Lipinski definition) is 5. The van der Waals surface area contributed by atoms with E-state index in [-0.39, 0.29) is 5.57 Å². The number of para-hydroxylation sites is 1. The van der Waals surface area contributed by atoms with E-state index in [1.807, 2.05) is 36.4 Å². The van der Waals surface area contributed by atoms with Gasteiger partial charge in [0.2, 0.25) is 5.78 Å². The maximum Gasteiger partial charge on any atom is 0.207 e. The summed E-state index contributed by atoms with van der Waals surface area (Å²) in [6, 6.07) is 18.7. The highest BCUT2D eigenvalue weighted by atomic mass is 16.5. The van der Waals surface area contributed by atoms with Gasteiger partial charge >= 0.3 is 0 Å². The van der Waals surface area contributed by atoms with Crippen LogP contribution in [0.15, 0.2) is 78.5 Å². The van der Waals surface area contributed by atoms with Gasteiger partial charge in [-0.05, 0) is 29.8 Å². The predicted molar refractivity (Wildman–Crippen MR) is 106 cm³/mol. The van der Waals surface area contributed by atoms with Crippen LogP contribution in [0.2, 0.25) is 0 Å². The molecule has 0 aliphatic carbocycles. The molecule has 138 valence electrons. The fourth-order valence-corrected chi connectivity index (χ4v) is 2.62. The highest BCUT2D eigenvalue weighted by Gasteiger charge is 2.15. The van der Waals surface area contributed by atoms with Crippen molar-refractivity contribution in [3.05, 3.63) is 95.3 Å². The van der Waals surface area contributed by atoms with Gasteiger partial charge in [-0.15, -0.1) is 5.10 Å². The Morgan fingerprint density at radius 1 is 1.18 bits per heavy atom. The third-order valence-electron chi connectivity index (χ3n) is 3.99. The first-order chi connectivity index (χ1) is 13.7. The van der Waals surface area contributed by atoms with Gasteiger partial charge in [-0.3, -0.25) is 4.79 Å². The van der Waals surface area contributed by atoms with Crippen LogP contribution in [-0.4, -0.2) is 27.9 Å². The lowest BCUT2D eigenvalue weighted by molar-refractivity contribution is 0.103. The van der Waals surface area contributed by atoms with Gasteiger partial charge in [-0.2, -0.15) is 5.26 Å². The fourth-order valence-electron chi connectivity index (χ4n) is 2.62. The monoisotopic (exact) mass is 370 g/mol.